The number of pyridine rings is 1. The van der Waals surface area contributed by atoms with Crippen molar-refractivity contribution in [2.45, 2.75) is 50.7 Å². The molecule has 0 amide bonds. The predicted octanol–water partition coefficient (Wildman–Crippen LogP) is 4.29. The van der Waals surface area contributed by atoms with E-state index in [1.54, 1.807) is 37.5 Å². The van der Waals surface area contributed by atoms with E-state index >= 15 is 0 Å². The van der Waals surface area contributed by atoms with Gasteiger partial charge in [0.05, 0.1) is 16.1 Å². The summed E-state index contributed by atoms with van der Waals surface area (Å²) in [6.45, 7) is 11.2. The van der Waals surface area contributed by atoms with Gasteiger partial charge < -0.3 is 14.2 Å². The number of benzene rings is 2. The highest BCUT2D eigenvalue weighted by atomic mass is 32.2. The Labute approximate surface area is 241 Å². The minimum absolute atomic E-state index is 0.0127. The largest absolute Gasteiger partial charge is 0.496 e. The Morgan fingerprint density at radius 2 is 1.63 bits per heavy atom. The molecule has 2 saturated heterocycles. The van der Waals surface area contributed by atoms with Crippen molar-refractivity contribution in [1.82, 2.24) is 13.9 Å². The molecule has 0 saturated carbocycles. The lowest BCUT2D eigenvalue weighted by atomic mass is 9.79. The zero-order valence-corrected chi connectivity index (χ0v) is 25.0. The van der Waals surface area contributed by atoms with Gasteiger partial charge >= 0.3 is 7.12 Å². The molecule has 0 spiro atoms. The Morgan fingerprint density at radius 1 is 1.00 bits per heavy atom. The van der Waals surface area contributed by atoms with Crippen molar-refractivity contribution in [3.05, 3.63) is 78.1 Å². The summed E-state index contributed by atoms with van der Waals surface area (Å²) in [7, 11) is -2.61. The number of carbonyl (C=O) groups is 1. The lowest BCUT2D eigenvalue weighted by Gasteiger charge is -2.34. The number of nitrogens with zero attached hydrogens (tertiary/aromatic N) is 3. The fourth-order valence-corrected chi connectivity index (χ4v) is 7.04. The summed E-state index contributed by atoms with van der Waals surface area (Å²) in [6, 6.07) is 16.2. The van der Waals surface area contributed by atoms with Gasteiger partial charge in [0.2, 0.25) is 0 Å². The maximum Gasteiger partial charge on any atom is 0.496 e. The number of fused-ring (bicyclic) bond motifs is 1. The molecule has 0 unspecified atom stereocenters. The van der Waals surface area contributed by atoms with Crippen LogP contribution in [0.3, 0.4) is 0 Å². The molecule has 4 aromatic rings. The molecule has 2 aliphatic rings. The number of aromatic nitrogens is 2. The van der Waals surface area contributed by atoms with Crippen LogP contribution in [-0.2, 0) is 19.3 Å². The average Bonchev–Trinajstić information content (AvgIpc) is 3.40. The lowest BCUT2D eigenvalue weighted by molar-refractivity contribution is 0.00578. The van der Waals surface area contributed by atoms with Gasteiger partial charge in [-0.3, -0.25) is 4.79 Å². The van der Waals surface area contributed by atoms with Crippen LogP contribution in [0, 0.1) is 12.8 Å². The molecule has 10 heteroatoms. The second-order valence-electron chi connectivity index (χ2n) is 12.2. The van der Waals surface area contributed by atoms with Gasteiger partial charge in [-0.05, 0) is 64.9 Å². The molecule has 6 rings (SSSR count). The van der Waals surface area contributed by atoms with Crippen LogP contribution in [0.2, 0.25) is 0 Å². The molecule has 2 aromatic heterocycles. The molecule has 2 aromatic carbocycles. The smallest absolute Gasteiger partial charge is 0.399 e. The van der Waals surface area contributed by atoms with Crippen molar-refractivity contribution in [3.63, 3.8) is 0 Å². The van der Waals surface area contributed by atoms with Gasteiger partial charge in [-0.1, -0.05) is 42.5 Å². The fraction of sp³-hybridized carbons (Fsp3) is 0.355. The highest BCUT2D eigenvalue weighted by Gasteiger charge is 2.52. The first-order chi connectivity index (χ1) is 19.3. The van der Waals surface area contributed by atoms with Crippen LogP contribution >= 0.6 is 0 Å². The van der Waals surface area contributed by atoms with E-state index in [4.69, 9.17) is 9.31 Å². The number of rotatable bonds is 6. The Bertz CT molecular complexity index is 1760. The number of hydrogen-bond acceptors (Lipinski definition) is 7. The number of carbonyl (C=O) groups excluding carboxylic acids is 1. The van der Waals surface area contributed by atoms with Crippen LogP contribution in [-0.4, -0.2) is 66.5 Å². The topological polar surface area (TPSA) is 90.7 Å². The van der Waals surface area contributed by atoms with E-state index in [1.807, 2.05) is 71.1 Å². The maximum atomic E-state index is 13.9. The summed E-state index contributed by atoms with van der Waals surface area (Å²) in [5, 5.41) is 0.647. The third-order valence-electron chi connectivity index (χ3n) is 8.70. The van der Waals surface area contributed by atoms with Crippen molar-refractivity contribution in [2.75, 3.05) is 20.1 Å². The van der Waals surface area contributed by atoms with Crippen molar-refractivity contribution < 1.29 is 22.5 Å². The molecule has 0 N–H and O–H groups in total. The van der Waals surface area contributed by atoms with Gasteiger partial charge in [-0.2, -0.15) is 0 Å². The number of hydrogen-bond donors (Lipinski definition) is 0. The van der Waals surface area contributed by atoms with Crippen LogP contribution in [0.1, 0.15) is 43.6 Å². The number of ketones is 1. The summed E-state index contributed by atoms with van der Waals surface area (Å²) in [5.41, 5.74) is 2.70. The summed E-state index contributed by atoms with van der Waals surface area (Å²) < 4.78 is 41.6. The molecule has 2 fully saturated rings. The third-order valence-corrected chi connectivity index (χ3v) is 10.5. The first-order valence-corrected chi connectivity index (χ1v) is 15.2. The van der Waals surface area contributed by atoms with Crippen molar-refractivity contribution >= 4 is 39.4 Å². The lowest BCUT2D eigenvalue weighted by Crippen LogP contribution is -2.47. The summed E-state index contributed by atoms with van der Waals surface area (Å²) in [5.74, 6) is 0.141. The second kappa shape index (κ2) is 9.63. The Kier molecular flexibility index (Phi) is 6.54. The molecule has 0 atom stereocenters. The van der Waals surface area contributed by atoms with E-state index in [0.29, 0.717) is 33.2 Å². The SMILES string of the molecule is Cc1ccccc1S(=O)(=O)n1cc(-c2ccc(C(=O)C3CN(C)C3)cc2)c2cc(B3OC(C)(C)C(C)(C)O3)cnc21. The van der Waals surface area contributed by atoms with Gasteiger partial charge in [0.15, 0.2) is 11.4 Å². The molecule has 4 heterocycles. The van der Waals surface area contributed by atoms with Gasteiger partial charge in [0, 0.05) is 53.4 Å². The average molecular weight is 572 g/mol. The summed E-state index contributed by atoms with van der Waals surface area (Å²) >= 11 is 0. The zero-order chi connectivity index (χ0) is 29.3. The van der Waals surface area contributed by atoms with Crippen molar-refractivity contribution in [2.24, 2.45) is 5.92 Å². The van der Waals surface area contributed by atoms with E-state index in [-0.39, 0.29) is 16.6 Å². The number of likely N-dealkylation sites (tertiary alicyclic amines) is 1. The van der Waals surface area contributed by atoms with Gasteiger partial charge in [-0.25, -0.2) is 17.4 Å². The highest BCUT2D eigenvalue weighted by Crippen LogP contribution is 2.38. The highest BCUT2D eigenvalue weighted by molar-refractivity contribution is 7.90. The van der Waals surface area contributed by atoms with E-state index in [1.165, 1.54) is 3.97 Å². The number of aryl methyl sites for hydroxylation is 1. The second-order valence-corrected chi connectivity index (χ2v) is 14.0. The fourth-order valence-electron chi connectivity index (χ4n) is 5.48. The van der Waals surface area contributed by atoms with E-state index in [0.717, 1.165) is 18.7 Å². The molecule has 0 bridgehead atoms. The quantitative estimate of drug-likeness (QED) is 0.252. The van der Waals surface area contributed by atoms with Gasteiger partial charge in [0.1, 0.15) is 0 Å². The summed E-state index contributed by atoms with van der Waals surface area (Å²) in [6.07, 6.45) is 3.24. The molecule has 8 nitrogen and oxygen atoms in total. The third kappa shape index (κ3) is 4.63. The Balaban J connectivity index is 1.47. The molecule has 0 aliphatic carbocycles. The van der Waals surface area contributed by atoms with Crippen molar-refractivity contribution in [3.8, 4) is 11.1 Å². The zero-order valence-electron chi connectivity index (χ0n) is 24.2. The minimum Gasteiger partial charge on any atom is -0.399 e. The van der Waals surface area contributed by atoms with Crippen LogP contribution < -0.4 is 5.46 Å². The minimum atomic E-state index is -3.95. The summed E-state index contributed by atoms with van der Waals surface area (Å²) in [4.78, 5) is 19.9. The molecule has 212 valence electrons. The van der Waals surface area contributed by atoms with E-state index < -0.39 is 28.3 Å². The molecule has 0 radical (unpaired) electrons. The molecular weight excluding hydrogens is 537 g/mol. The predicted molar refractivity (Wildman–Crippen MR) is 160 cm³/mol. The first-order valence-electron chi connectivity index (χ1n) is 13.8. The first kappa shape index (κ1) is 27.8. The Morgan fingerprint density at radius 3 is 2.24 bits per heavy atom. The number of Topliss-reactive ketones (excluding diaryl/α,β-unsaturated/α-hetero) is 1. The van der Waals surface area contributed by atoms with Crippen LogP contribution in [0.15, 0.2) is 71.9 Å². The standard InChI is InChI=1S/C31H34BN3O5S/c1-20-9-7-8-10-27(20)41(37,38)35-19-26(21-11-13-22(14-12-21)28(36)23-17-34(6)18-23)25-15-24(16-33-29(25)35)32-39-30(2,3)31(4,5)40-32/h7-16,19,23H,17-18H2,1-6H3. The monoisotopic (exact) mass is 571 g/mol. The van der Waals surface area contributed by atoms with Gasteiger partial charge in [0.25, 0.3) is 10.0 Å². The maximum absolute atomic E-state index is 13.9. The molecule has 41 heavy (non-hydrogen) atoms. The van der Waals surface area contributed by atoms with E-state index in [9.17, 15) is 13.2 Å². The Hall–Kier alpha value is -3.31. The van der Waals surface area contributed by atoms with E-state index in [2.05, 4.69) is 9.88 Å². The van der Waals surface area contributed by atoms with Crippen LogP contribution in [0.4, 0.5) is 0 Å². The van der Waals surface area contributed by atoms with Gasteiger partial charge in [-0.15, -0.1) is 0 Å². The normalized spacial score (nSPS) is 19.0. The molecule has 2 aliphatic heterocycles. The molecular formula is C31H34BN3O5S. The van der Waals surface area contributed by atoms with Crippen LogP contribution in [0.25, 0.3) is 22.2 Å². The van der Waals surface area contributed by atoms with Crippen LogP contribution in [0.5, 0.6) is 0 Å². The van der Waals surface area contributed by atoms with Crippen molar-refractivity contribution in [1.29, 1.82) is 0 Å².